The molecule has 160 valence electrons. The standard InChI is InChI=1S/C18H24N2O2.C2HF3O2/c1-2-21-13-16-6-7-17-18(22-16)8-9-20(17)12-15-5-3-4-14(10-15)11-19;3-2(4,5)1(6)7/h3-5,10,16-18H,2,6-9,12-13H2,1H3;(H,6,7)/t16-,17-,18-;/m0./s1. The van der Waals surface area contributed by atoms with E-state index in [1.165, 1.54) is 12.0 Å². The number of carbonyl (C=O) groups is 1. The molecule has 0 radical (unpaired) electrons. The van der Waals surface area contributed by atoms with Crippen LogP contribution in [-0.2, 0) is 20.8 Å². The molecule has 3 rings (SSSR count). The van der Waals surface area contributed by atoms with Crippen LogP contribution in [0.15, 0.2) is 24.3 Å². The number of nitrogens with zero attached hydrogens (tertiary/aromatic N) is 2. The van der Waals surface area contributed by atoms with Gasteiger partial charge in [-0.1, -0.05) is 12.1 Å². The van der Waals surface area contributed by atoms with Gasteiger partial charge >= 0.3 is 12.1 Å². The lowest BCUT2D eigenvalue weighted by Crippen LogP contribution is -2.43. The first-order valence-electron chi connectivity index (χ1n) is 9.51. The van der Waals surface area contributed by atoms with E-state index in [2.05, 4.69) is 17.0 Å². The van der Waals surface area contributed by atoms with Gasteiger partial charge in [0.25, 0.3) is 0 Å². The number of benzene rings is 1. The molecule has 3 atom stereocenters. The molecule has 0 aliphatic carbocycles. The summed E-state index contributed by atoms with van der Waals surface area (Å²) in [5, 5.41) is 16.1. The number of carboxylic acid groups (broad SMARTS) is 1. The van der Waals surface area contributed by atoms with Gasteiger partial charge in [-0.15, -0.1) is 0 Å². The summed E-state index contributed by atoms with van der Waals surface area (Å²) in [5.41, 5.74) is 1.96. The van der Waals surface area contributed by atoms with Gasteiger partial charge in [0.2, 0.25) is 0 Å². The molecule has 6 nitrogen and oxygen atoms in total. The zero-order valence-corrected chi connectivity index (χ0v) is 16.2. The van der Waals surface area contributed by atoms with Gasteiger partial charge in [-0.2, -0.15) is 18.4 Å². The van der Waals surface area contributed by atoms with Crippen molar-refractivity contribution < 1.29 is 32.5 Å². The van der Waals surface area contributed by atoms with E-state index < -0.39 is 12.1 Å². The molecule has 1 aromatic carbocycles. The van der Waals surface area contributed by atoms with Crippen LogP contribution in [0.5, 0.6) is 0 Å². The fraction of sp³-hybridized carbons (Fsp3) is 0.600. The molecule has 0 amide bonds. The number of halogens is 3. The Hall–Kier alpha value is -2.15. The van der Waals surface area contributed by atoms with Gasteiger partial charge in [0.05, 0.1) is 30.4 Å². The Morgan fingerprint density at radius 1 is 1.38 bits per heavy atom. The van der Waals surface area contributed by atoms with Gasteiger partial charge in [0, 0.05) is 25.7 Å². The fourth-order valence-corrected chi connectivity index (χ4v) is 3.63. The third-order valence-electron chi connectivity index (χ3n) is 4.94. The van der Waals surface area contributed by atoms with E-state index in [0.29, 0.717) is 12.1 Å². The smallest absolute Gasteiger partial charge is 0.475 e. The molecular weight excluding hydrogens is 389 g/mol. The van der Waals surface area contributed by atoms with Gasteiger partial charge in [0.1, 0.15) is 0 Å². The molecular formula is C20H25F3N2O4. The Kier molecular flexibility index (Phi) is 8.44. The number of rotatable bonds is 5. The maximum absolute atomic E-state index is 10.6. The van der Waals surface area contributed by atoms with E-state index in [-0.39, 0.29) is 6.10 Å². The maximum Gasteiger partial charge on any atom is 0.490 e. The van der Waals surface area contributed by atoms with Crippen molar-refractivity contribution in [2.24, 2.45) is 0 Å². The van der Waals surface area contributed by atoms with Gasteiger partial charge in [-0.25, -0.2) is 4.79 Å². The number of likely N-dealkylation sites (tertiary alicyclic amines) is 1. The number of nitriles is 1. The summed E-state index contributed by atoms with van der Waals surface area (Å²) >= 11 is 0. The number of fused-ring (bicyclic) bond motifs is 1. The minimum Gasteiger partial charge on any atom is -0.475 e. The second kappa shape index (κ2) is 10.6. The largest absolute Gasteiger partial charge is 0.490 e. The van der Waals surface area contributed by atoms with E-state index >= 15 is 0 Å². The predicted molar refractivity (Wildman–Crippen MR) is 98.1 cm³/mol. The average molecular weight is 414 g/mol. The lowest BCUT2D eigenvalue weighted by Gasteiger charge is -2.36. The molecule has 0 unspecified atom stereocenters. The second-order valence-electron chi connectivity index (χ2n) is 6.97. The molecule has 0 spiro atoms. The second-order valence-corrected chi connectivity index (χ2v) is 6.97. The molecule has 0 saturated carbocycles. The van der Waals surface area contributed by atoms with Crippen LogP contribution < -0.4 is 0 Å². The quantitative estimate of drug-likeness (QED) is 0.796. The molecule has 0 bridgehead atoms. The van der Waals surface area contributed by atoms with E-state index in [1.807, 2.05) is 25.1 Å². The van der Waals surface area contributed by atoms with Crippen molar-refractivity contribution in [2.45, 2.75) is 57.2 Å². The summed E-state index contributed by atoms with van der Waals surface area (Å²) in [5.74, 6) is -2.76. The molecule has 2 aliphatic rings. The lowest BCUT2D eigenvalue weighted by molar-refractivity contribution is -0.192. The molecule has 29 heavy (non-hydrogen) atoms. The Labute approximate surface area is 167 Å². The summed E-state index contributed by atoms with van der Waals surface area (Å²) in [4.78, 5) is 11.4. The normalized spacial score (nSPS) is 24.2. The van der Waals surface area contributed by atoms with Crippen molar-refractivity contribution in [1.29, 1.82) is 5.26 Å². The molecule has 2 saturated heterocycles. The number of hydrogen-bond acceptors (Lipinski definition) is 5. The van der Waals surface area contributed by atoms with E-state index in [4.69, 9.17) is 24.6 Å². The van der Waals surface area contributed by atoms with Crippen molar-refractivity contribution in [1.82, 2.24) is 4.90 Å². The number of alkyl halides is 3. The van der Waals surface area contributed by atoms with Crippen molar-refractivity contribution in [2.75, 3.05) is 19.8 Å². The molecule has 1 N–H and O–H groups in total. The summed E-state index contributed by atoms with van der Waals surface area (Å²) in [6, 6.07) is 10.7. The summed E-state index contributed by atoms with van der Waals surface area (Å²) in [6.07, 6.45) is -1.11. The highest BCUT2D eigenvalue weighted by Gasteiger charge is 2.39. The Bertz CT molecular complexity index is 720. The van der Waals surface area contributed by atoms with Crippen LogP contribution in [-0.4, -0.2) is 60.2 Å². The Morgan fingerprint density at radius 3 is 2.72 bits per heavy atom. The number of carboxylic acids is 1. The minimum atomic E-state index is -5.08. The summed E-state index contributed by atoms with van der Waals surface area (Å²) < 4.78 is 43.4. The molecule has 2 heterocycles. The first kappa shape index (κ1) is 23.1. The van der Waals surface area contributed by atoms with Gasteiger partial charge in [-0.3, -0.25) is 4.90 Å². The molecule has 1 aromatic rings. The number of aliphatic carboxylic acids is 1. The highest BCUT2D eigenvalue weighted by atomic mass is 19.4. The van der Waals surface area contributed by atoms with Crippen LogP contribution in [0.4, 0.5) is 13.2 Å². The van der Waals surface area contributed by atoms with E-state index in [9.17, 15) is 13.2 Å². The molecule has 2 aliphatic heterocycles. The number of ether oxygens (including phenoxy) is 2. The van der Waals surface area contributed by atoms with Gasteiger partial charge < -0.3 is 14.6 Å². The minimum absolute atomic E-state index is 0.267. The van der Waals surface area contributed by atoms with Crippen LogP contribution in [0, 0.1) is 11.3 Å². The first-order chi connectivity index (χ1) is 13.7. The van der Waals surface area contributed by atoms with Gasteiger partial charge in [-0.05, 0) is 43.9 Å². The number of hydrogen-bond donors (Lipinski definition) is 1. The SMILES string of the molecule is CCOC[C@@H]1CC[C@H]2[C@H](CCN2Cc2cccc(C#N)c2)O1.O=C(O)C(F)(F)F. The molecule has 2 fully saturated rings. The average Bonchev–Trinajstić information content (AvgIpc) is 3.08. The fourth-order valence-electron chi connectivity index (χ4n) is 3.63. The summed E-state index contributed by atoms with van der Waals surface area (Å²) in [6.45, 7) is 5.50. The maximum atomic E-state index is 10.6. The Morgan fingerprint density at radius 2 is 2.10 bits per heavy atom. The van der Waals surface area contributed by atoms with Crippen molar-refractivity contribution in [3.05, 3.63) is 35.4 Å². The Balaban J connectivity index is 0.000000370. The van der Waals surface area contributed by atoms with Gasteiger partial charge in [0.15, 0.2) is 0 Å². The lowest BCUT2D eigenvalue weighted by atomic mass is 9.99. The van der Waals surface area contributed by atoms with Crippen LogP contribution in [0.1, 0.15) is 37.3 Å². The monoisotopic (exact) mass is 414 g/mol. The van der Waals surface area contributed by atoms with E-state index in [1.54, 1.807) is 0 Å². The predicted octanol–water partition coefficient (Wildman–Crippen LogP) is 3.35. The highest BCUT2D eigenvalue weighted by molar-refractivity contribution is 5.73. The van der Waals surface area contributed by atoms with Crippen molar-refractivity contribution in [3.8, 4) is 6.07 Å². The topological polar surface area (TPSA) is 82.8 Å². The third kappa shape index (κ3) is 6.99. The van der Waals surface area contributed by atoms with Crippen molar-refractivity contribution in [3.63, 3.8) is 0 Å². The summed E-state index contributed by atoms with van der Waals surface area (Å²) in [7, 11) is 0. The molecule has 9 heteroatoms. The van der Waals surface area contributed by atoms with Crippen LogP contribution >= 0.6 is 0 Å². The third-order valence-corrected chi connectivity index (χ3v) is 4.94. The van der Waals surface area contributed by atoms with Crippen molar-refractivity contribution >= 4 is 5.97 Å². The van der Waals surface area contributed by atoms with Crippen LogP contribution in [0.3, 0.4) is 0 Å². The van der Waals surface area contributed by atoms with Crippen LogP contribution in [0.25, 0.3) is 0 Å². The zero-order valence-electron chi connectivity index (χ0n) is 16.2. The zero-order chi connectivity index (χ0) is 21.4. The van der Waals surface area contributed by atoms with E-state index in [0.717, 1.165) is 44.7 Å². The molecule has 0 aromatic heterocycles. The highest BCUT2D eigenvalue weighted by Crippen LogP contribution is 2.32. The van der Waals surface area contributed by atoms with Crippen LogP contribution in [0.2, 0.25) is 0 Å². The first-order valence-corrected chi connectivity index (χ1v) is 9.51.